The lowest BCUT2D eigenvalue weighted by Crippen LogP contribution is -2.42. The van der Waals surface area contributed by atoms with Crippen LogP contribution in [0, 0.1) is 6.92 Å². The molecule has 1 rings (SSSR count). The first-order valence-corrected chi connectivity index (χ1v) is 5.05. The number of ketones is 1. The predicted molar refractivity (Wildman–Crippen MR) is 62.1 cm³/mol. The van der Waals surface area contributed by atoms with E-state index in [1.54, 1.807) is 19.1 Å². The van der Waals surface area contributed by atoms with Crippen LogP contribution in [0.1, 0.15) is 11.1 Å². The van der Waals surface area contributed by atoms with Crippen LogP contribution < -0.4 is 0 Å². The molecule has 0 amide bonds. The minimum Gasteiger partial charge on any atom is -0.480 e. The molecule has 5 nitrogen and oxygen atoms in total. The lowest BCUT2D eigenvalue weighted by molar-refractivity contribution is -0.155. The zero-order valence-electron chi connectivity index (χ0n) is 8.88. The highest BCUT2D eigenvalue weighted by atomic mass is 32.1. The number of carbonyl (C=O) groups excluding carboxylic acids is 1. The Morgan fingerprint density at radius 3 is 1.94 bits per heavy atom. The molecule has 1 atom stereocenters. The predicted octanol–water partition coefficient (Wildman–Crippen LogP) is 0.858. The van der Waals surface area contributed by atoms with Crippen molar-refractivity contribution >= 4 is 30.4 Å². The second-order valence-corrected chi connectivity index (χ2v) is 4.19. The third kappa shape index (κ3) is 2.31. The van der Waals surface area contributed by atoms with Crippen molar-refractivity contribution in [3.63, 3.8) is 0 Å². The van der Waals surface area contributed by atoms with E-state index in [0.29, 0.717) is 0 Å². The van der Waals surface area contributed by atoms with Crippen molar-refractivity contribution in [2.45, 2.75) is 11.7 Å². The Morgan fingerprint density at radius 1 is 1.12 bits per heavy atom. The molecule has 0 aliphatic rings. The van der Waals surface area contributed by atoms with Crippen molar-refractivity contribution in [2.24, 2.45) is 0 Å². The maximum absolute atomic E-state index is 11.4. The Kier molecular flexibility index (Phi) is 3.57. The van der Waals surface area contributed by atoms with Crippen LogP contribution in [0.5, 0.6) is 0 Å². The molecule has 0 saturated carbocycles. The van der Waals surface area contributed by atoms with E-state index < -0.39 is 22.5 Å². The summed E-state index contributed by atoms with van der Waals surface area (Å²) >= 11 is 3.74. The number of hydrogen-bond acceptors (Lipinski definition) is 4. The van der Waals surface area contributed by atoms with E-state index in [2.05, 4.69) is 12.6 Å². The average Bonchev–Trinajstić information content (AvgIpc) is 2.27. The zero-order chi connectivity index (χ0) is 13.2. The van der Waals surface area contributed by atoms with Crippen LogP contribution in [-0.4, -0.2) is 27.9 Å². The van der Waals surface area contributed by atoms with Crippen molar-refractivity contribution < 1.29 is 24.6 Å². The number of aliphatic carboxylic acids is 2. The minimum absolute atomic E-state index is 0.0198. The maximum atomic E-state index is 11.4. The average molecular weight is 254 g/mol. The van der Waals surface area contributed by atoms with Gasteiger partial charge in [-0.2, -0.15) is 0 Å². The molecule has 90 valence electrons. The molecule has 0 heterocycles. The summed E-state index contributed by atoms with van der Waals surface area (Å²) in [6.07, 6.45) is 0. The number of aryl methyl sites for hydroxylation is 1. The molecule has 0 aromatic heterocycles. The smallest absolute Gasteiger partial charge is 0.374 e. The number of carboxylic acid groups (broad SMARTS) is 2. The van der Waals surface area contributed by atoms with Gasteiger partial charge in [0.15, 0.2) is 0 Å². The molecule has 1 unspecified atom stereocenters. The van der Waals surface area contributed by atoms with Gasteiger partial charge in [0.1, 0.15) is 0 Å². The number of rotatable bonds is 4. The molecule has 0 spiro atoms. The standard InChI is InChI=1S/C11H10O5S/c1-6-2-4-7(5-3-6)11(17,10(15)16)8(12)9(13)14/h2-5,17H,1H3,(H,13,14)(H,15,16). The van der Waals surface area contributed by atoms with Crippen LogP contribution >= 0.6 is 12.6 Å². The first-order chi connectivity index (χ1) is 7.80. The number of benzene rings is 1. The van der Waals surface area contributed by atoms with Crippen LogP contribution in [0.2, 0.25) is 0 Å². The molecule has 0 bridgehead atoms. The van der Waals surface area contributed by atoms with Gasteiger partial charge >= 0.3 is 11.9 Å². The van der Waals surface area contributed by atoms with Crippen LogP contribution in [0.4, 0.5) is 0 Å². The van der Waals surface area contributed by atoms with Gasteiger partial charge in [0.05, 0.1) is 0 Å². The van der Waals surface area contributed by atoms with Crippen LogP contribution in [0.15, 0.2) is 24.3 Å². The molecule has 0 fully saturated rings. The van der Waals surface area contributed by atoms with Crippen molar-refractivity contribution in [3.05, 3.63) is 35.4 Å². The molecule has 17 heavy (non-hydrogen) atoms. The lowest BCUT2D eigenvalue weighted by atomic mass is 9.93. The number of thiol groups is 1. The normalized spacial score (nSPS) is 13.8. The SMILES string of the molecule is Cc1ccc(C(S)(C(=O)O)C(=O)C(=O)O)cc1. The highest BCUT2D eigenvalue weighted by Gasteiger charge is 2.47. The molecule has 1 aromatic rings. The van der Waals surface area contributed by atoms with E-state index in [0.717, 1.165) is 5.56 Å². The Balaban J connectivity index is 3.35. The molecule has 0 radical (unpaired) electrons. The Labute approximate surface area is 102 Å². The molecule has 6 heteroatoms. The van der Waals surface area contributed by atoms with E-state index in [1.807, 2.05) is 0 Å². The number of Topliss-reactive ketones (excluding diaryl/α,β-unsaturated/α-hetero) is 1. The largest absolute Gasteiger partial charge is 0.480 e. The molecular weight excluding hydrogens is 244 g/mol. The molecule has 0 aliphatic carbocycles. The molecule has 2 N–H and O–H groups in total. The van der Waals surface area contributed by atoms with E-state index >= 15 is 0 Å². The summed E-state index contributed by atoms with van der Waals surface area (Å²) in [6, 6.07) is 5.91. The van der Waals surface area contributed by atoms with Crippen molar-refractivity contribution in [2.75, 3.05) is 0 Å². The molecule has 0 aliphatic heterocycles. The number of carbonyl (C=O) groups is 3. The fraction of sp³-hybridized carbons (Fsp3) is 0.182. The fourth-order valence-electron chi connectivity index (χ4n) is 1.30. The van der Waals surface area contributed by atoms with Crippen LogP contribution in [0.25, 0.3) is 0 Å². The zero-order valence-corrected chi connectivity index (χ0v) is 9.77. The molecule has 0 saturated heterocycles. The van der Waals surface area contributed by atoms with E-state index in [1.165, 1.54) is 12.1 Å². The van der Waals surface area contributed by atoms with Gasteiger partial charge in [-0.1, -0.05) is 29.8 Å². The third-order valence-electron chi connectivity index (χ3n) is 2.30. The third-order valence-corrected chi connectivity index (χ3v) is 2.95. The van der Waals surface area contributed by atoms with E-state index in [-0.39, 0.29) is 5.56 Å². The van der Waals surface area contributed by atoms with Crippen molar-refractivity contribution in [1.29, 1.82) is 0 Å². The first kappa shape index (κ1) is 13.2. The highest BCUT2D eigenvalue weighted by Crippen LogP contribution is 2.30. The second kappa shape index (κ2) is 4.58. The maximum Gasteiger partial charge on any atom is 0.374 e. The summed E-state index contributed by atoms with van der Waals surface area (Å²) in [5.41, 5.74) is 0.879. The van der Waals surface area contributed by atoms with Gasteiger partial charge in [-0.25, -0.2) is 9.59 Å². The number of hydrogen-bond donors (Lipinski definition) is 3. The Bertz CT molecular complexity index is 479. The summed E-state index contributed by atoms with van der Waals surface area (Å²) in [7, 11) is 0. The summed E-state index contributed by atoms with van der Waals surface area (Å²) in [5, 5.41) is 17.6. The van der Waals surface area contributed by atoms with Gasteiger partial charge in [0.25, 0.3) is 5.78 Å². The van der Waals surface area contributed by atoms with Crippen LogP contribution in [0.3, 0.4) is 0 Å². The van der Waals surface area contributed by atoms with E-state index in [4.69, 9.17) is 10.2 Å². The molecular formula is C11H10O5S. The summed E-state index contributed by atoms with van der Waals surface area (Å²) in [4.78, 5) is 33.2. The number of carboxylic acids is 2. The van der Waals surface area contributed by atoms with Crippen molar-refractivity contribution in [1.82, 2.24) is 0 Å². The second-order valence-electron chi connectivity index (χ2n) is 3.52. The van der Waals surface area contributed by atoms with Gasteiger partial charge in [-0.3, -0.25) is 4.79 Å². The monoisotopic (exact) mass is 254 g/mol. The summed E-state index contributed by atoms with van der Waals surface area (Å²) in [5.74, 6) is -4.93. The minimum atomic E-state index is -2.36. The van der Waals surface area contributed by atoms with Gasteiger partial charge in [-0.05, 0) is 12.5 Å². The lowest BCUT2D eigenvalue weighted by Gasteiger charge is -2.20. The van der Waals surface area contributed by atoms with Gasteiger partial charge in [0.2, 0.25) is 4.75 Å². The van der Waals surface area contributed by atoms with Crippen LogP contribution in [-0.2, 0) is 19.1 Å². The summed E-state index contributed by atoms with van der Waals surface area (Å²) in [6.45, 7) is 1.78. The van der Waals surface area contributed by atoms with Gasteiger partial charge in [-0.15, -0.1) is 12.6 Å². The fourth-order valence-corrected chi connectivity index (χ4v) is 1.55. The highest BCUT2D eigenvalue weighted by molar-refractivity contribution is 7.83. The Hall–Kier alpha value is -1.82. The molecule has 1 aromatic carbocycles. The van der Waals surface area contributed by atoms with Crippen molar-refractivity contribution in [3.8, 4) is 0 Å². The summed E-state index contributed by atoms with van der Waals surface area (Å²) < 4.78 is -2.36. The van der Waals surface area contributed by atoms with Gasteiger partial charge < -0.3 is 10.2 Å². The first-order valence-electron chi connectivity index (χ1n) is 4.60. The van der Waals surface area contributed by atoms with Gasteiger partial charge in [0, 0.05) is 0 Å². The Morgan fingerprint density at radius 2 is 1.59 bits per heavy atom. The topological polar surface area (TPSA) is 91.7 Å². The van der Waals surface area contributed by atoms with E-state index in [9.17, 15) is 14.4 Å². The quantitative estimate of drug-likeness (QED) is 0.421.